The fraction of sp³-hybridized carbons (Fsp3) is 0.185. The summed E-state index contributed by atoms with van der Waals surface area (Å²) in [5.74, 6) is 0.384. The largest absolute Gasteiger partial charge is 0.493 e. The van der Waals surface area contributed by atoms with Gasteiger partial charge in [0.15, 0.2) is 11.5 Å². The summed E-state index contributed by atoms with van der Waals surface area (Å²) in [7, 11) is 1.51. The number of ether oxygens (including phenoxy) is 2. The fourth-order valence-electron chi connectivity index (χ4n) is 3.71. The van der Waals surface area contributed by atoms with E-state index in [1.165, 1.54) is 36.9 Å². The molecule has 172 valence electrons. The Morgan fingerprint density at radius 1 is 1.06 bits per heavy atom. The average Bonchev–Trinajstić information content (AvgIpc) is 2.81. The number of ketones is 1. The SMILES string of the molecule is COc1cc(/C=C(\C#N)C(=O)c2cccc([N+](=O)[O-])c2)ccc1OCc1c(C)cc(C)cc1C. The number of nitro groups is 1. The molecule has 0 saturated carbocycles. The van der Waals surface area contributed by atoms with Gasteiger partial charge in [-0.05, 0) is 61.2 Å². The maximum Gasteiger partial charge on any atom is 0.270 e. The summed E-state index contributed by atoms with van der Waals surface area (Å²) in [6.45, 7) is 6.52. The Kier molecular flexibility index (Phi) is 7.44. The number of Topliss-reactive ketones (excluding diaryl/α,β-unsaturated/α-hetero) is 1. The van der Waals surface area contributed by atoms with Crippen LogP contribution in [0.4, 0.5) is 5.69 Å². The second kappa shape index (κ2) is 10.5. The second-order valence-electron chi connectivity index (χ2n) is 7.88. The summed E-state index contributed by atoms with van der Waals surface area (Å²) < 4.78 is 11.5. The number of rotatable bonds is 8. The number of carbonyl (C=O) groups is 1. The zero-order valence-electron chi connectivity index (χ0n) is 19.4. The van der Waals surface area contributed by atoms with Crippen LogP contribution in [0, 0.1) is 42.2 Å². The lowest BCUT2D eigenvalue weighted by molar-refractivity contribution is -0.384. The number of non-ortho nitro benzene ring substituents is 1. The van der Waals surface area contributed by atoms with Gasteiger partial charge in [0.05, 0.1) is 12.0 Å². The van der Waals surface area contributed by atoms with E-state index in [1.54, 1.807) is 18.2 Å². The standard InChI is InChI=1S/C27H24N2O5/c1-17-10-18(2)24(19(3)11-17)16-34-25-9-8-20(13-26(25)33-4)12-22(15-28)27(30)21-6-5-7-23(14-21)29(31)32/h5-14H,16H2,1-4H3/b22-12+. The smallest absolute Gasteiger partial charge is 0.270 e. The molecular formula is C27H24N2O5. The molecule has 0 N–H and O–H groups in total. The van der Waals surface area contributed by atoms with E-state index >= 15 is 0 Å². The van der Waals surface area contributed by atoms with E-state index < -0.39 is 10.7 Å². The van der Waals surface area contributed by atoms with Crippen LogP contribution in [0.15, 0.2) is 60.2 Å². The molecule has 3 aromatic rings. The molecule has 0 aliphatic rings. The highest BCUT2D eigenvalue weighted by molar-refractivity contribution is 6.14. The van der Waals surface area contributed by atoms with Crippen LogP contribution in [0.2, 0.25) is 0 Å². The summed E-state index contributed by atoms with van der Waals surface area (Å²) in [5, 5.41) is 20.5. The third-order valence-corrected chi connectivity index (χ3v) is 5.40. The first-order valence-corrected chi connectivity index (χ1v) is 10.5. The Morgan fingerprint density at radius 3 is 2.38 bits per heavy atom. The van der Waals surface area contributed by atoms with Crippen molar-refractivity contribution in [2.75, 3.05) is 7.11 Å². The van der Waals surface area contributed by atoms with Gasteiger partial charge in [-0.1, -0.05) is 35.9 Å². The van der Waals surface area contributed by atoms with Crippen LogP contribution in [-0.4, -0.2) is 17.8 Å². The van der Waals surface area contributed by atoms with Gasteiger partial charge < -0.3 is 9.47 Å². The molecule has 0 aliphatic carbocycles. The predicted molar refractivity (Wildman–Crippen MR) is 129 cm³/mol. The molecule has 0 radical (unpaired) electrons. The molecule has 0 spiro atoms. The molecule has 7 nitrogen and oxygen atoms in total. The lowest BCUT2D eigenvalue weighted by atomic mass is 10.0. The lowest BCUT2D eigenvalue weighted by Crippen LogP contribution is -2.03. The number of nitriles is 1. The fourth-order valence-corrected chi connectivity index (χ4v) is 3.71. The van der Waals surface area contributed by atoms with Gasteiger partial charge in [0.25, 0.3) is 5.69 Å². The van der Waals surface area contributed by atoms with Crippen molar-refractivity contribution in [3.8, 4) is 17.6 Å². The van der Waals surface area contributed by atoms with Crippen molar-refractivity contribution in [2.24, 2.45) is 0 Å². The molecule has 0 fully saturated rings. The number of hydrogen-bond donors (Lipinski definition) is 0. The number of aryl methyl sites for hydroxylation is 3. The first kappa shape index (κ1) is 24.2. The summed E-state index contributed by atoms with van der Waals surface area (Å²) in [6, 6.07) is 16.5. The first-order valence-electron chi connectivity index (χ1n) is 10.5. The summed E-state index contributed by atoms with van der Waals surface area (Å²) in [6.07, 6.45) is 1.42. The van der Waals surface area contributed by atoms with Crippen molar-refractivity contribution in [1.29, 1.82) is 5.26 Å². The summed E-state index contributed by atoms with van der Waals surface area (Å²) in [4.78, 5) is 23.2. The third-order valence-electron chi connectivity index (χ3n) is 5.40. The van der Waals surface area contributed by atoms with E-state index in [1.807, 2.05) is 19.9 Å². The van der Waals surface area contributed by atoms with Crippen molar-refractivity contribution < 1.29 is 19.2 Å². The van der Waals surface area contributed by atoms with Crippen LogP contribution in [0.5, 0.6) is 11.5 Å². The van der Waals surface area contributed by atoms with E-state index in [4.69, 9.17) is 9.47 Å². The van der Waals surface area contributed by atoms with Crippen LogP contribution in [0.1, 0.15) is 38.2 Å². The predicted octanol–water partition coefficient (Wildman–Crippen LogP) is 5.90. The molecule has 0 unspecified atom stereocenters. The number of nitro benzene ring substituents is 1. The quantitative estimate of drug-likeness (QED) is 0.137. The molecule has 3 rings (SSSR count). The minimum atomic E-state index is -0.601. The summed E-state index contributed by atoms with van der Waals surface area (Å²) >= 11 is 0. The zero-order valence-corrected chi connectivity index (χ0v) is 19.4. The van der Waals surface area contributed by atoms with Gasteiger partial charge in [-0.25, -0.2) is 0 Å². The number of nitrogens with zero attached hydrogens (tertiary/aromatic N) is 2. The number of carbonyl (C=O) groups excluding carboxylic acids is 1. The maximum absolute atomic E-state index is 12.8. The average molecular weight is 456 g/mol. The number of allylic oxidation sites excluding steroid dienone is 1. The maximum atomic E-state index is 12.8. The Balaban J connectivity index is 1.85. The van der Waals surface area contributed by atoms with Crippen molar-refractivity contribution in [3.05, 3.63) is 104 Å². The highest BCUT2D eigenvalue weighted by Gasteiger charge is 2.16. The van der Waals surface area contributed by atoms with E-state index in [9.17, 15) is 20.2 Å². The van der Waals surface area contributed by atoms with Crippen LogP contribution in [0.3, 0.4) is 0 Å². The summed E-state index contributed by atoms with van der Waals surface area (Å²) in [5.41, 5.74) is 4.85. The van der Waals surface area contributed by atoms with Gasteiger partial charge in [-0.15, -0.1) is 0 Å². The molecule has 34 heavy (non-hydrogen) atoms. The number of benzene rings is 3. The van der Waals surface area contributed by atoms with Crippen molar-refractivity contribution in [1.82, 2.24) is 0 Å². The van der Waals surface area contributed by atoms with E-state index in [0.29, 0.717) is 23.7 Å². The monoisotopic (exact) mass is 456 g/mol. The molecule has 3 aromatic carbocycles. The molecule has 0 aliphatic heterocycles. The van der Waals surface area contributed by atoms with Gasteiger partial charge >= 0.3 is 0 Å². The molecule has 7 heteroatoms. The first-order chi connectivity index (χ1) is 16.2. The third kappa shape index (κ3) is 5.48. The number of hydrogen-bond acceptors (Lipinski definition) is 6. The van der Waals surface area contributed by atoms with Crippen LogP contribution in [-0.2, 0) is 6.61 Å². The van der Waals surface area contributed by atoms with Gasteiger partial charge in [0, 0.05) is 17.7 Å². The molecule has 0 aromatic heterocycles. The van der Waals surface area contributed by atoms with Crippen molar-refractivity contribution in [2.45, 2.75) is 27.4 Å². The van der Waals surface area contributed by atoms with E-state index in [0.717, 1.165) is 22.8 Å². The Morgan fingerprint density at radius 2 is 1.76 bits per heavy atom. The molecule has 0 bridgehead atoms. The van der Waals surface area contributed by atoms with Crippen LogP contribution < -0.4 is 9.47 Å². The highest BCUT2D eigenvalue weighted by Crippen LogP contribution is 2.31. The van der Waals surface area contributed by atoms with Crippen molar-refractivity contribution >= 4 is 17.5 Å². The second-order valence-corrected chi connectivity index (χ2v) is 7.88. The van der Waals surface area contributed by atoms with Crippen LogP contribution >= 0.6 is 0 Å². The molecule has 0 amide bonds. The minimum Gasteiger partial charge on any atom is -0.493 e. The molecular weight excluding hydrogens is 432 g/mol. The van der Waals surface area contributed by atoms with Gasteiger partial charge in [0.2, 0.25) is 5.78 Å². The Bertz CT molecular complexity index is 1310. The Labute approximate surface area is 198 Å². The zero-order chi connectivity index (χ0) is 24.8. The van der Waals surface area contributed by atoms with Gasteiger partial charge in [-0.2, -0.15) is 5.26 Å². The van der Waals surface area contributed by atoms with Crippen LogP contribution in [0.25, 0.3) is 6.08 Å². The van der Waals surface area contributed by atoms with Gasteiger partial charge in [-0.3, -0.25) is 14.9 Å². The molecule has 0 saturated heterocycles. The minimum absolute atomic E-state index is 0.0674. The Hall–Kier alpha value is -4.44. The van der Waals surface area contributed by atoms with E-state index in [2.05, 4.69) is 19.1 Å². The lowest BCUT2D eigenvalue weighted by Gasteiger charge is -2.15. The number of methoxy groups -OCH3 is 1. The molecule has 0 atom stereocenters. The molecule has 0 heterocycles. The normalized spacial score (nSPS) is 11.0. The highest BCUT2D eigenvalue weighted by atomic mass is 16.6. The topological polar surface area (TPSA) is 102 Å². The van der Waals surface area contributed by atoms with Crippen molar-refractivity contribution in [3.63, 3.8) is 0 Å². The van der Waals surface area contributed by atoms with E-state index in [-0.39, 0.29) is 16.8 Å². The van der Waals surface area contributed by atoms with Gasteiger partial charge in [0.1, 0.15) is 18.2 Å².